The van der Waals surface area contributed by atoms with E-state index in [0.717, 1.165) is 24.8 Å². The summed E-state index contributed by atoms with van der Waals surface area (Å²) < 4.78 is 13.7. The van der Waals surface area contributed by atoms with E-state index in [0.29, 0.717) is 5.56 Å². The van der Waals surface area contributed by atoms with Gasteiger partial charge in [-0.3, -0.25) is 0 Å². The third kappa shape index (κ3) is 2.05. The Bertz CT molecular complexity index is 377. The van der Waals surface area contributed by atoms with Crippen molar-refractivity contribution in [2.45, 2.75) is 45.1 Å². The number of aliphatic hydroxyl groups is 1. The molecule has 1 aliphatic rings. The van der Waals surface area contributed by atoms with Crippen LogP contribution in [-0.2, 0) is 18.4 Å². The quantitative estimate of drug-likeness (QED) is 0.752. The first-order valence-electron chi connectivity index (χ1n) is 5.52. The van der Waals surface area contributed by atoms with Crippen LogP contribution in [0.3, 0.4) is 0 Å². The molecule has 2 rings (SSSR count). The minimum absolute atomic E-state index is 0.275. The molecule has 0 aliphatic heterocycles. The molecule has 1 aliphatic carbocycles. The van der Waals surface area contributed by atoms with Gasteiger partial charge in [0.2, 0.25) is 0 Å². The molecule has 0 aromatic heterocycles. The van der Waals surface area contributed by atoms with E-state index in [1.165, 1.54) is 12.0 Å². The van der Waals surface area contributed by atoms with Gasteiger partial charge in [0.1, 0.15) is 5.82 Å². The molecule has 1 aromatic carbocycles. The first-order valence-corrected chi connectivity index (χ1v) is 5.52. The SMILES string of the molecule is CC(C)(O)c1cc2c(cc1F)CCCC2. The van der Waals surface area contributed by atoms with Crippen molar-refractivity contribution in [3.63, 3.8) is 0 Å². The zero-order valence-corrected chi connectivity index (χ0v) is 9.31. The maximum absolute atomic E-state index is 13.7. The molecule has 15 heavy (non-hydrogen) atoms. The minimum Gasteiger partial charge on any atom is -0.386 e. The molecule has 0 fully saturated rings. The Balaban J connectivity index is 2.50. The van der Waals surface area contributed by atoms with E-state index < -0.39 is 5.60 Å². The van der Waals surface area contributed by atoms with Gasteiger partial charge in [-0.2, -0.15) is 0 Å². The molecule has 1 nitrogen and oxygen atoms in total. The molecule has 2 heteroatoms. The van der Waals surface area contributed by atoms with Gasteiger partial charge in [-0.05, 0) is 62.8 Å². The normalized spacial score (nSPS) is 16.3. The standard InChI is InChI=1S/C13H17FO/c1-13(2,15)11-7-9-5-3-4-6-10(9)8-12(11)14/h7-8,15H,3-6H2,1-2H3. The number of rotatable bonds is 1. The van der Waals surface area contributed by atoms with Gasteiger partial charge in [0.05, 0.1) is 5.60 Å². The summed E-state index contributed by atoms with van der Waals surface area (Å²) in [6, 6.07) is 3.44. The summed E-state index contributed by atoms with van der Waals surface area (Å²) in [6.45, 7) is 3.25. The largest absolute Gasteiger partial charge is 0.386 e. The molecular formula is C13H17FO. The molecule has 1 aromatic rings. The van der Waals surface area contributed by atoms with Gasteiger partial charge < -0.3 is 5.11 Å². The Morgan fingerprint density at radius 3 is 2.20 bits per heavy atom. The van der Waals surface area contributed by atoms with Crippen LogP contribution in [-0.4, -0.2) is 5.11 Å². The zero-order valence-electron chi connectivity index (χ0n) is 9.31. The smallest absolute Gasteiger partial charge is 0.129 e. The average Bonchev–Trinajstić information content (AvgIpc) is 2.15. The predicted octanol–water partition coefficient (Wildman–Crippen LogP) is 2.93. The van der Waals surface area contributed by atoms with Gasteiger partial charge in [-0.1, -0.05) is 0 Å². The molecule has 0 heterocycles. The molecule has 0 radical (unpaired) electrons. The number of halogens is 1. The van der Waals surface area contributed by atoms with E-state index >= 15 is 0 Å². The van der Waals surface area contributed by atoms with Crippen molar-refractivity contribution >= 4 is 0 Å². The fourth-order valence-electron chi connectivity index (χ4n) is 2.22. The molecular weight excluding hydrogens is 191 g/mol. The van der Waals surface area contributed by atoms with Crippen LogP contribution in [0.15, 0.2) is 12.1 Å². The maximum Gasteiger partial charge on any atom is 0.129 e. The van der Waals surface area contributed by atoms with Crippen molar-refractivity contribution in [3.8, 4) is 0 Å². The third-order valence-electron chi connectivity index (χ3n) is 3.09. The molecule has 82 valence electrons. The summed E-state index contributed by atoms with van der Waals surface area (Å²) in [4.78, 5) is 0. The molecule has 0 atom stereocenters. The summed E-state index contributed by atoms with van der Waals surface area (Å²) >= 11 is 0. The van der Waals surface area contributed by atoms with Crippen LogP contribution in [0.4, 0.5) is 4.39 Å². The lowest BCUT2D eigenvalue weighted by atomic mass is 9.86. The van der Waals surface area contributed by atoms with Crippen molar-refractivity contribution in [1.29, 1.82) is 0 Å². The molecule has 0 saturated carbocycles. The first kappa shape index (κ1) is 10.6. The second-order valence-corrected chi connectivity index (χ2v) is 4.87. The van der Waals surface area contributed by atoms with E-state index in [4.69, 9.17) is 0 Å². The Labute approximate surface area is 89.9 Å². The molecule has 0 saturated heterocycles. The van der Waals surface area contributed by atoms with Crippen molar-refractivity contribution < 1.29 is 9.50 Å². The van der Waals surface area contributed by atoms with Crippen LogP contribution in [0, 0.1) is 5.82 Å². The maximum atomic E-state index is 13.7. The Kier molecular flexibility index (Phi) is 2.55. The highest BCUT2D eigenvalue weighted by Gasteiger charge is 2.23. The summed E-state index contributed by atoms with van der Waals surface area (Å²) in [5.41, 5.74) is 1.66. The van der Waals surface area contributed by atoms with E-state index in [1.807, 2.05) is 6.07 Å². The topological polar surface area (TPSA) is 20.2 Å². The van der Waals surface area contributed by atoms with Gasteiger partial charge in [0.25, 0.3) is 0 Å². The minimum atomic E-state index is -1.09. The van der Waals surface area contributed by atoms with Crippen LogP contribution in [0.2, 0.25) is 0 Å². The van der Waals surface area contributed by atoms with E-state index in [2.05, 4.69) is 0 Å². The lowest BCUT2D eigenvalue weighted by Crippen LogP contribution is -2.19. The highest BCUT2D eigenvalue weighted by molar-refractivity contribution is 5.37. The van der Waals surface area contributed by atoms with Crippen LogP contribution >= 0.6 is 0 Å². The van der Waals surface area contributed by atoms with Gasteiger partial charge >= 0.3 is 0 Å². The number of hydrogen-bond acceptors (Lipinski definition) is 1. The van der Waals surface area contributed by atoms with Crippen molar-refractivity contribution in [3.05, 3.63) is 34.6 Å². The van der Waals surface area contributed by atoms with Gasteiger partial charge in [-0.25, -0.2) is 4.39 Å². The summed E-state index contributed by atoms with van der Waals surface area (Å²) in [5, 5.41) is 9.83. The van der Waals surface area contributed by atoms with Crippen LogP contribution < -0.4 is 0 Å². The zero-order chi connectivity index (χ0) is 11.1. The molecule has 0 spiro atoms. The van der Waals surface area contributed by atoms with Crippen LogP contribution in [0.25, 0.3) is 0 Å². The summed E-state index contributed by atoms with van der Waals surface area (Å²) in [5.74, 6) is -0.275. The number of aryl methyl sites for hydroxylation is 2. The van der Waals surface area contributed by atoms with Gasteiger partial charge in [-0.15, -0.1) is 0 Å². The molecule has 1 N–H and O–H groups in total. The predicted molar refractivity (Wildman–Crippen MR) is 58.3 cm³/mol. The second kappa shape index (κ2) is 3.60. The number of fused-ring (bicyclic) bond motifs is 1. The molecule has 0 bridgehead atoms. The van der Waals surface area contributed by atoms with Crippen molar-refractivity contribution in [2.75, 3.05) is 0 Å². The highest BCUT2D eigenvalue weighted by atomic mass is 19.1. The summed E-state index contributed by atoms with van der Waals surface area (Å²) in [6.07, 6.45) is 4.30. The van der Waals surface area contributed by atoms with Crippen molar-refractivity contribution in [2.24, 2.45) is 0 Å². The van der Waals surface area contributed by atoms with Gasteiger partial charge in [0, 0.05) is 5.56 Å². The van der Waals surface area contributed by atoms with Gasteiger partial charge in [0.15, 0.2) is 0 Å². The van der Waals surface area contributed by atoms with Crippen LogP contribution in [0.5, 0.6) is 0 Å². The lowest BCUT2D eigenvalue weighted by Gasteiger charge is -2.23. The second-order valence-electron chi connectivity index (χ2n) is 4.87. The lowest BCUT2D eigenvalue weighted by molar-refractivity contribution is 0.0744. The van der Waals surface area contributed by atoms with E-state index in [-0.39, 0.29) is 5.82 Å². The molecule has 0 unspecified atom stereocenters. The third-order valence-corrected chi connectivity index (χ3v) is 3.09. The Morgan fingerprint density at radius 1 is 1.13 bits per heavy atom. The fraction of sp³-hybridized carbons (Fsp3) is 0.538. The van der Waals surface area contributed by atoms with E-state index in [9.17, 15) is 9.50 Å². The average molecular weight is 208 g/mol. The van der Waals surface area contributed by atoms with Crippen LogP contribution in [0.1, 0.15) is 43.4 Å². The Hall–Kier alpha value is -0.890. The number of benzene rings is 1. The Morgan fingerprint density at radius 2 is 1.67 bits per heavy atom. The summed E-state index contributed by atoms with van der Waals surface area (Å²) in [7, 11) is 0. The monoisotopic (exact) mass is 208 g/mol. The van der Waals surface area contributed by atoms with Crippen molar-refractivity contribution in [1.82, 2.24) is 0 Å². The van der Waals surface area contributed by atoms with E-state index in [1.54, 1.807) is 19.9 Å². The first-order chi connectivity index (χ1) is 6.98. The number of hydrogen-bond donors (Lipinski definition) is 1. The fourth-order valence-corrected chi connectivity index (χ4v) is 2.22. The molecule has 0 amide bonds. The highest BCUT2D eigenvalue weighted by Crippen LogP contribution is 2.29.